The van der Waals surface area contributed by atoms with Gasteiger partial charge in [-0.3, -0.25) is 18.6 Å². The van der Waals surface area contributed by atoms with Crippen LogP contribution in [0.2, 0.25) is 0 Å². The van der Waals surface area contributed by atoms with Crippen LogP contribution >= 0.6 is 7.82 Å². The maximum atomic E-state index is 12.4. The number of aliphatic hydroxyl groups excluding tert-OH is 1. The van der Waals surface area contributed by atoms with Crippen LogP contribution in [-0.2, 0) is 32.7 Å². The lowest BCUT2D eigenvalue weighted by Gasteiger charge is -2.18. The van der Waals surface area contributed by atoms with E-state index in [0.717, 1.165) is 122 Å². The Labute approximate surface area is 423 Å². The molecule has 3 atom stereocenters. The van der Waals surface area contributed by atoms with Crippen molar-refractivity contribution in [1.29, 1.82) is 0 Å². The van der Waals surface area contributed by atoms with Gasteiger partial charge in [-0.25, -0.2) is 9.36 Å². The van der Waals surface area contributed by atoms with Gasteiger partial charge in [0.25, 0.3) is 0 Å². The molecule has 0 aromatic carbocycles. The molecule has 70 heavy (non-hydrogen) atoms. The lowest BCUT2D eigenvalue weighted by atomic mass is 10.1. The number of unbranched alkanes of at least 4 members (excludes halogenated alkanes) is 8. The Kier molecular flexibility index (Phi) is 47.4. The van der Waals surface area contributed by atoms with Crippen molar-refractivity contribution >= 4 is 25.7 Å². The Bertz CT molecular complexity index is 1730. The molecule has 0 saturated carbocycles. The summed E-state index contributed by atoms with van der Waals surface area (Å²) in [4.78, 5) is 46.2. The van der Waals surface area contributed by atoms with Gasteiger partial charge in [-0.15, -0.1) is 0 Å². The van der Waals surface area contributed by atoms with Crippen LogP contribution in [0.5, 0.6) is 0 Å². The van der Waals surface area contributed by atoms with Crippen LogP contribution in [0.3, 0.4) is 0 Å². The molecule has 0 aromatic heterocycles. The fourth-order valence-electron chi connectivity index (χ4n) is 6.21. The van der Waals surface area contributed by atoms with Gasteiger partial charge in [0, 0.05) is 12.8 Å². The molecule has 1 amide bonds. The van der Waals surface area contributed by atoms with Crippen LogP contribution in [0.4, 0.5) is 0 Å². The number of aliphatic hydroxyl groups is 1. The molecule has 392 valence electrons. The number of amides is 1. The van der Waals surface area contributed by atoms with E-state index >= 15 is 0 Å². The van der Waals surface area contributed by atoms with Gasteiger partial charge in [0.1, 0.15) is 12.7 Å². The van der Waals surface area contributed by atoms with Gasteiger partial charge < -0.3 is 25.2 Å². The van der Waals surface area contributed by atoms with Gasteiger partial charge in [0.2, 0.25) is 5.91 Å². The summed E-state index contributed by atoms with van der Waals surface area (Å²) >= 11 is 0. The average Bonchev–Trinajstić information content (AvgIpc) is 3.34. The second-order valence-electron chi connectivity index (χ2n) is 16.6. The van der Waals surface area contributed by atoms with Crippen LogP contribution in [0, 0.1) is 0 Å². The van der Waals surface area contributed by atoms with Gasteiger partial charge >= 0.3 is 19.8 Å². The number of nitrogens with one attached hydrogen (secondary N) is 1. The third-order valence-electron chi connectivity index (χ3n) is 10.1. The number of hydrogen-bond donors (Lipinski definition) is 4. The molecule has 4 N–H and O–H groups in total. The lowest BCUT2D eigenvalue weighted by molar-refractivity contribution is -0.147. The Morgan fingerprint density at radius 2 is 0.800 bits per heavy atom. The van der Waals surface area contributed by atoms with Crippen molar-refractivity contribution in [2.24, 2.45) is 0 Å². The summed E-state index contributed by atoms with van der Waals surface area (Å²) in [6, 6.07) is -1.57. The van der Waals surface area contributed by atoms with Gasteiger partial charge in [-0.1, -0.05) is 192 Å². The van der Waals surface area contributed by atoms with Crippen molar-refractivity contribution in [2.45, 2.75) is 180 Å². The summed E-state index contributed by atoms with van der Waals surface area (Å²) in [5, 5.41) is 21.9. The predicted molar refractivity (Wildman–Crippen MR) is 290 cm³/mol. The third-order valence-corrected chi connectivity index (χ3v) is 11.1. The third kappa shape index (κ3) is 49.8. The van der Waals surface area contributed by atoms with Gasteiger partial charge in [0.15, 0.2) is 6.04 Å². The van der Waals surface area contributed by atoms with Crippen molar-refractivity contribution in [3.8, 4) is 0 Å². The summed E-state index contributed by atoms with van der Waals surface area (Å²) in [5.74, 6) is -2.47. The number of carbonyl (C=O) groups is 3. The molecule has 0 rings (SSSR count). The molecular weight excluding hydrogens is 902 g/mol. The quantitative estimate of drug-likeness (QED) is 0.0199. The summed E-state index contributed by atoms with van der Waals surface area (Å²) in [6.07, 6.45) is 71.5. The highest BCUT2D eigenvalue weighted by atomic mass is 31.2. The minimum Gasteiger partial charge on any atom is -0.480 e. The summed E-state index contributed by atoms with van der Waals surface area (Å²) < 4.78 is 26.9. The number of aliphatic carboxylic acids is 1. The molecule has 0 aliphatic heterocycles. The van der Waals surface area contributed by atoms with Crippen LogP contribution < -0.4 is 5.32 Å². The minimum absolute atomic E-state index is 0.119. The zero-order valence-corrected chi connectivity index (χ0v) is 43.6. The molecule has 0 fully saturated rings. The lowest BCUT2D eigenvalue weighted by Crippen LogP contribution is -2.43. The summed E-state index contributed by atoms with van der Waals surface area (Å²) in [5.41, 5.74) is 0. The zero-order valence-electron chi connectivity index (χ0n) is 42.7. The smallest absolute Gasteiger partial charge is 0.472 e. The number of phosphoric ester groups is 1. The average molecular weight is 992 g/mol. The van der Waals surface area contributed by atoms with E-state index in [2.05, 4.69) is 153 Å². The highest BCUT2D eigenvalue weighted by Gasteiger charge is 2.28. The van der Waals surface area contributed by atoms with Crippen molar-refractivity contribution < 1.29 is 47.8 Å². The molecule has 0 saturated heterocycles. The van der Waals surface area contributed by atoms with E-state index in [1.54, 1.807) is 0 Å². The molecule has 0 spiro atoms. The van der Waals surface area contributed by atoms with Crippen molar-refractivity contribution in [2.75, 3.05) is 19.8 Å². The van der Waals surface area contributed by atoms with E-state index in [9.17, 15) is 34.1 Å². The Balaban J connectivity index is 3.98. The van der Waals surface area contributed by atoms with Crippen LogP contribution in [0.1, 0.15) is 168 Å². The Morgan fingerprint density at radius 1 is 0.457 bits per heavy atom. The topological polar surface area (TPSA) is 169 Å². The van der Waals surface area contributed by atoms with Crippen LogP contribution in [0.15, 0.2) is 146 Å². The first-order valence-electron chi connectivity index (χ1n) is 25.9. The van der Waals surface area contributed by atoms with Crippen LogP contribution in [-0.4, -0.2) is 64.9 Å². The Morgan fingerprint density at radius 3 is 1.20 bits per heavy atom. The van der Waals surface area contributed by atoms with Crippen LogP contribution in [0.25, 0.3) is 0 Å². The van der Waals surface area contributed by atoms with Crippen molar-refractivity contribution in [1.82, 2.24) is 5.32 Å². The molecule has 0 heterocycles. The molecule has 0 aliphatic rings. The largest absolute Gasteiger partial charge is 0.480 e. The molecule has 3 unspecified atom stereocenters. The van der Waals surface area contributed by atoms with E-state index in [1.807, 2.05) is 12.2 Å². The van der Waals surface area contributed by atoms with E-state index in [-0.39, 0.29) is 12.8 Å². The second kappa shape index (κ2) is 50.7. The molecule has 12 heteroatoms. The fraction of sp³-hybridized carbons (Fsp3) is 0.534. The highest BCUT2D eigenvalue weighted by Crippen LogP contribution is 2.43. The molecule has 0 aromatic rings. The number of carboxylic acids is 1. The number of carboxylic acid groups (broad SMARTS) is 1. The number of ether oxygens (including phenoxy) is 1. The SMILES string of the molecule is CC/C=C\C/C=C\C/C=C\C/C=C\C/C=C\C/C=C\C/C=C\CCCC(=O)OCC(O)COP(=O)(O)OCC(NC(=O)CCCCCCCCC/C=C\C/C=C\C/C=C\C/C=C\C/C=C\CC)C(=O)O. The maximum absolute atomic E-state index is 12.4. The van der Waals surface area contributed by atoms with Crippen molar-refractivity contribution in [3.63, 3.8) is 0 Å². The molecule has 0 bridgehead atoms. The normalized spacial score (nSPS) is 14.7. The van der Waals surface area contributed by atoms with E-state index < -0.39 is 57.6 Å². The first kappa shape index (κ1) is 65.4. The first-order chi connectivity index (χ1) is 34.1. The Hall–Kier alpha value is -4.64. The predicted octanol–water partition coefficient (Wildman–Crippen LogP) is 14.7. The first-order valence-corrected chi connectivity index (χ1v) is 27.4. The number of carbonyl (C=O) groups excluding carboxylic acids is 2. The second-order valence-corrected chi connectivity index (χ2v) is 18.0. The zero-order chi connectivity index (χ0) is 51.3. The van der Waals surface area contributed by atoms with Gasteiger partial charge in [-0.2, -0.15) is 0 Å². The summed E-state index contributed by atoms with van der Waals surface area (Å²) in [6.45, 7) is 2.29. The molecular formula is C58H90NO10P. The standard InChI is InChI=1S/C58H90NO10P/c1-3-5-7-9-11-13-15-17-19-21-23-25-27-29-31-33-35-37-39-41-43-45-47-49-56(61)59-55(58(63)64)53-69-70(65,66)68-52-54(60)51-67-57(62)50-48-46-44-42-40-38-36-34-32-30-28-26-24-22-20-18-16-14-12-10-8-6-4-2/h5-8,11-14,17-20,23-26,29-32,36,38,42,44,54-55,60H,3-4,9-10,15-16,21-22,27-28,33-35,37,39-41,43,45-53H2,1-2H3,(H,59,61)(H,63,64)(H,65,66)/b7-5-,8-6-,13-11-,14-12-,19-17-,20-18-,25-23-,26-24-,31-29-,32-30-,38-36-,44-42-. The molecule has 0 aliphatic carbocycles. The van der Waals surface area contributed by atoms with Gasteiger partial charge in [-0.05, 0) is 109 Å². The van der Waals surface area contributed by atoms with E-state index in [4.69, 9.17) is 13.8 Å². The highest BCUT2D eigenvalue weighted by molar-refractivity contribution is 7.47. The molecule has 0 radical (unpaired) electrons. The molecule has 11 nitrogen and oxygen atoms in total. The number of phosphoric acid groups is 1. The number of rotatable bonds is 46. The monoisotopic (exact) mass is 992 g/mol. The summed E-state index contributed by atoms with van der Waals surface area (Å²) in [7, 11) is -4.79. The van der Waals surface area contributed by atoms with Gasteiger partial charge in [0.05, 0.1) is 13.2 Å². The number of esters is 1. The minimum atomic E-state index is -4.79. The number of allylic oxidation sites excluding steroid dienone is 24. The number of hydrogen-bond acceptors (Lipinski definition) is 8. The maximum Gasteiger partial charge on any atom is 0.472 e. The fourth-order valence-corrected chi connectivity index (χ4v) is 6.98. The van der Waals surface area contributed by atoms with E-state index in [1.165, 1.54) is 0 Å². The van der Waals surface area contributed by atoms with E-state index in [0.29, 0.717) is 19.3 Å². The van der Waals surface area contributed by atoms with Crippen molar-refractivity contribution in [3.05, 3.63) is 146 Å².